The van der Waals surface area contributed by atoms with Crippen LogP contribution in [0.5, 0.6) is 11.5 Å². The van der Waals surface area contributed by atoms with Gasteiger partial charge in [-0.05, 0) is 32.0 Å². The lowest BCUT2D eigenvalue weighted by molar-refractivity contribution is -0.117. The third kappa shape index (κ3) is 4.43. The zero-order valence-electron chi connectivity index (χ0n) is 17.3. The molecule has 2 aromatic rings. The van der Waals surface area contributed by atoms with Crippen molar-refractivity contribution in [2.75, 3.05) is 44.6 Å². The van der Waals surface area contributed by atoms with Gasteiger partial charge in [-0.1, -0.05) is 0 Å². The summed E-state index contributed by atoms with van der Waals surface area (Å²) >= 11 is 0. The minimum Gasteiger partial charge on any atom is -0.492 e. The highest BCUT2D eigenvalue weighted by molar-refractivity contribution is 5.94. The summed E-state index contributed by atoms with van der Waals surface area (Å²) in [6, 6.07) is 7.17. The highest BCUT2D eigenvalue weighted by Crippen LogP contribution is 2.38. The van der Waals surface area contributed by atoms with Crippen molar-refractivity contribution >= 4 is 17.5 Å². The Balaban J connectivity index is 1.33. The number of benzene rings is 1. The molecule has 160 valence electrons. The van der Waals surface area contributed by atoms with Crippen molar-refractivity contribution < 1.29 is 23.5 Å². The second kappa shape index (κ2) is 8.79. The highest BCUT2D eigenvalue weighted by atomic mass is 16.5. The van der Waals surface area contributed by atoms with Crippen LogP contribution < -0.4 is 14.8 Å². The van der Waals surface area contributed by atoms with E-state index < -0.39 is 0 Å². The van der Waals surface area contributed by atoms with E-state index in [2.05, 4.69) is 5.32 Å². The van der Waals surface area contributed by atoms with Crippen molar-refractivity contribution in [2.45, 2.75) is 26.4 Å². The second-order valence-electron chi connectivity index (χ2n) is 7.62. The average molecular weight is 413 g/mol. The van der Waals surface area contributed by atoms with Crippen LogP contribution in [-0.4, -0.2) is 67.0 Å². The first-order valence-corrected chi connectivity index (χ1v) is 10.3. The third-order valence-corrected chi connectivity index (χ3v) is 5.33. The Morgan fingerprint density at radius 3 is 2.73 bits per heavy atom. The summed E-state index contributed by atoms with van der Waals surface area (Å²) < 4.78 is 16.7. The first-order chi connectivity index (χ1) is 14.5. The molecular weight excluding hydrogens is 386 g/mol. The number of carbonyl (C=O) groups is 2. The van der Waals surface area contributed by atoms with Crippen molar-refractivity contribution in [3.8, 4) is 11.5 Å². The topological polar surface area (TPSA) is 84.3 Å². The number of carbonyl (C=O) groups excluding carboxylic acids is 2. The Labute approximate surface area is 175 Å². The van der Waals surface area contributed by atoms with E-state index in [9.17, 15) is 9.59 Å². The maximum Gasteiger partial charge on any atom is 0.289 e. The number of hydrogen-bond acceptors (Lipinski definition) is 6. The molecule has 1 N–H and O–H groups in total. The summed E-state index contributed by atoms with van der Waals surface area (Å²) in [7, 11) is 0. The van der Waals surface area contributed by atoms with Gasteiger partial charge in [0.2, 0.25) is 5.91 Å². The van der Waals surface area contributed by atoms with Gasteiger partial charge < -0.3 is 24.1 Å². The summed E-state index contributed by atoms with van der Waals surface area (Å²) in [4.78, 5) is 28.8. The largest absolute Gasteiger partial charge is 0.492 e. The second-order valence-corrected chi connectivity index (χ2v) is 7.62. The monoisotopic (exact) mass is 413 g/mol. The quantitative estimate of drug-likeness (QED) is 0.783. The van der Waals surface area contributed by atoms with E-state index >= 15 is 0 Å². The van der Waals surface area contributed by atoms with E-state index in [1.165, 1.54) is 6.26 Å². The fourth-order valence-electron chi connectivity index (χ4n) is 3.87. The zero-order chi connectivity index (χ0) is 21.1. The molecule has 0 spiro atoms. The molecule has 30 heavy (non-hydrogen) atoms. The van der Waals surface area contributed by atoms with Crippen LogP contribution in [0.25, 0.3) is 0 Å². The van der Waals surface area contributed by atoms with Crippen LogP contribution >= 0.6 is 0 Å². The van der Waals surface area contributed by atoms with Crippen molar-refractivity contribution in [3.05, 3.63) is 41.9 Å². The SMILES string of the molecule is CCOc1cc2c(cc1NC(=O)CN1CCN(C(=O)c3ccco3)CC1)O[C@@H](C)C2. The number of piperazine rings is 1. The van der Waals surface area contributed by atoms with Crippen molar-refractivity contribution in [1.82, 2.24) is 9.80 Å². The van der Waals surface area contributed by atoms with E-state index in [1.807, 2.05) is 30.9 Å². The fourth-order valence-corrected chi connectivity index (χ4v) is 3.87. The van der Waals surface area contributed by atoms with Crippen LogP contribution in [0.2, 0.25) is 0 Å². The zero-order valence-corrected chi connectivity index (χ0v) is 17.3. The molecule has 1 atom stereocenters. The van der Waals surface area contributed by atoms with Gasteiger partial charge in [0.25, 0.3) is 5.91 Å². The number of nitrogens with one attached hydrogen (secondary N) is 1. The number of rotatable bonds is 6. The molecule has 2 aliphatic rings. The van der Waals surface area contributed by atoms with E-state index in [0.717, 1.165) is 17.7 Å². The summed E-state index contributed by atoms with van der Waals surface area (Å²) in [5, 5.41) is 2.96. The molecule has 0 aliphatic carbocycles. The Hall–Kier alpha value is -3.00. The molecule has 2 amide bonds. The first-order valence-electron chi connectivity index (χ1n) is 10.3. The summed E-state index contributed by atoms with van der Waals surface area (Å²) in [5.41, 5.74) is 1.72. The fraction of sp³-hybridized carbons (Fsp3) is 0.455. The molecular formula is C22H27N3O5. The van der Waals surface area contributed by atoms with Crippen LogP contribution in [0.3, 0.4) is 0 Å². The summed E-state index contributed by atoms with van der Waals surface area (Å²) in [6.45, 7) is 7.08. The lowest BCUT2D eigenvalue weighted by Crippen LogP contribution is -2.50. The van der Waals surface area contributed by atoms with Gasteiger partial charge in [0, 0.05) is 44.2 Å². The van der Waals surface area contributed by atoms with Gasteiger partial charge >= 0.3 is 0 Å². The van der Waals surface area contributed by atoms with Crippen molar-refractivity contribution in [2.24, 2.45) is 0 Å². The molecule has 1 saturated heterocycles. The Kier molecular flexibility index (Phi) is 5.94. The van der Waals surface area contributed by atoms with E-state index in [4.69, 9.17) is 13.9 Å². The maximum absolute atomic E-state index is 12.7. The predicted molar refractivity (Wildman–Crippen MR) is 111 cm³/mol. The summed E-state index contributed by atoms with van der Waals surface area (Å²) in [5.74, 6) is 1.57. The van der Waals surface area contributed by atoms with Gasteiger partial charge in [-0.3, -0.25) is 14.5 Å². The number of anilines is 1. The van der Waals surface area contributed by atoms with E-state index in [-0.39, 0.29) is 24.5 Å². The normalized spacial score (nSPS) is 18.6. The molecule has 1 aromatic carbocycles. The average Bonchev–Trinajstić information content (AvgIpc) is 3.37. The first kappa shape index (κ1) is 20.3. The molecule has 0 unspecified atom stereocenters. The summed E-state index contributed by atoms with van der Waals surface area (Å²) in [6.07, 6.45) is 2.46. The predicted octanol–water partition coefficient (Wildman–Crippen LogP) is 2.40. The van der Waals surface area contributed by atoms with Crippen LogP contribution in [0.1, 0.15) is 30.0 Å². The van der Waals surface area contributed by atoms with Crippen LogP contribution in [0.15, 0.2) is 34.9 Å². The van der Waals surface area contributed by atoms with Gasteiger partial charge in [-0.15, -0.1) is 0 Å². The van der Waals surface area contributed by atoms with E-state index in [0.29, 0.717) is 50.0 Å². The van der Waals surface area contributed by atoms with Gasteiger partial charge in [0.1, 0.15) is 17.6 Å². The number of amides is 2. The van der Waals surface area contributed by atoms with Gasteiger partial charge in [0.05, 0.1) is 25.1 Å². The van der Waals surface area contributed by atoms with Gasteiger partial charge in [-0.2, -0.15) is 0 Å². The number of ether oxygens (including phenoxy) is 2. The molecule has 0 bridgehead atoms. The molecule has 3 heterocycles. The number of furan rings is 1. The van der Waals surface area contributed by atoms with Gasteiger partial charge in [-0.25, -0.2) is 0 Å². The van der Waals surface area contributed by atoms with Crippen LogP contribution in [0, 0.1) is 0 Å². The Bertz CT molecular complexity index is 904. The molecule has 4 rings (SSSR count). The molecule has 1 fully saturated rings. The van der Waals surface area contributed by atoms with Crippen molar-refractivity contribution in [1.29, 1.82) is 0 Å². The standard InChI is InChI=1S/C22H27N3O5/c1-3-28-20-12-16-11-15(2)30-19(16)13-17(20)23-21(26)14-24-6-8-25(9-7-24)22(27)18-5-4-10-29-18/h4-5,10,12-13,15H,3,6-9,11,14H2,1-2H3,(H,23,26)/t15-/m0/s1. The molecule has 8 heteroatoms. The minimum absolute atomic E-state index is 0.113. The van der Waals surface area contributed by atoms with Crippen LogP contribution in [-0.2, 0) is 11.2 Å². The maximum atomic E-state index is 12.7. The van der Waals surface area contributed by atoms with Gasteiger partial charge in [0.15, 0.2) is 5.76 Å². The number of hydrogen-bond donors (Lipinski definition) is 1. The van der Waals surface area contributed by atoms with Crippen LogP contribution in [0.4, 0.5) is 5.69 Å². The molecule has 0 saturated carbocycles. The molecule has 8 nitrogen and oxygen atoms in total. The number of nitrogens with zero attached hydrogens (tertiary/aromatic N) is 2. The lowest BCUT2D eigenvalue weighted by Gasteiger charge is -2.33. The molecule has 2 aliphatic heterocycles. The Morgan fingerprint density at radius 2 is 2.03 bits per heavy atom. The number of fused-ring (bicyclic) bond motifs is 1. The minimum atomic E-state index is -0.118. The van der Waals surface area contributed by atoms with Crippen molar-refractivity contribution in [3.63, 3.8) is 0 Å². The smallest absolute Gasteiger partial charge is 0.289 e. The van der Waals surface area contributed by atoms with E-state index in [1.54, 1.807) is 17.0 Å². The highest BCUT2D eigenvalue weighted by Gasteiger charge is 2.26. The lowest BCUT2D eigenvalue weighted by atomic mass is 10.1. The Morgan fingerprint density at radius 1 is 1.23 bits per heavy atom. The molecule has 0 radical (unpaired) electrons. The third-order valence-electron chi connectivity index (χ3n) is 5.33. The molecule has 1 aromatic heterocycles.